The first-order valence-electron chi connectivity index (χ1n) is 6.89. The van der Waals surface area contributed by atoms with Crippen LogP contribution in [0.3, 0.4) is 0 Å². The van der Waals surface area contributed by atoms with Crippen LogP contribution in [0.4, 0.5) is 0 Å². The third kappa shape index (κ3) is 2.49. The van der Waals surface area contributed by atoms with E-state index >= 15 is 0 Å². The molecular formula is C16H26O. The van der Waals surface area contributed by atoms with Crippen molar-refractivity contribution in [1.82, 2.24) is 0 Å². The Morgan fingerprint density at radius 1 is 1.35 bits per heavy atom. The van der Waals surface area contributed by atoms with Gasteiger partial charge in [0.2, 0.25) is 0 Å². The lowest BCUT2D eigenvalue weighted by atomic mass is 9.72. The Kier molecular flexibility index (Phi) is 3.24. The fourth-order valence-corrected chi connectivity index (χ4v) is 3.23. The van der Waals surface area contributed by atoms with Crippen molar-refractivity contribution in [2.75, 3.05) is 6.61 Å². The van der Waals surface area contributed by atoms with Crippen LogP contribution in [0.1, 0.15) is 53.4 Å². The van der Waals surface area contributed by atoms with E-state index in [1.807, 2.05) is 0 Å². The zero-order valence-electron chi connectivity index (χ0n) is 11.7. The number of hydrogen-bond acceptors (Lipinski definition) is 1. The Labute approximate surface area is 106 Å². The van der Waals surface area contributed by atoms with E-state index in [1.54, 1.807) is 5.57 Å². The van der Waals surface area contributed by atoms with Crippen LogP contribution in [-0.4, -0.2) is 11.7 Å². The molecule has 0 unspecified atom stereocenters. The van der Waals surface area contributed by atoms with Gasteiger partial charge in [0, 0.05) is 6.61 Å². The predicted molar refractivity (Wildman–Crippen MR) is 72.8 cm³/mol. The summed E-state index contributed by atoms with van der Waals surface area (Å²) in [5.41, 5.74) is 3.69. The van der Waals surface area contributed by atoms with Crippen LogP contribution < -0.4 is 0 Å². The Balaban J connectivity index is 2.15. The number of rotatable bonds is 3. The summed E-state index contributed by atoms with van der Waals surface area (Å²) in [4.78, 5) is 0. The van der Waals surface area contributed by atoms with Gasteiger partial charge in [-0.2, -0.15) is 0 Å². The molecule has 0 heterocycles. The van der Waals surface area contributed by atoms with Gasteiger partial charge in [0.25, 0.3) is 0 Å². The van der Waals surface area contributed by atoms with E-state index in [9.17, 15) is 5.11 Å². The van der Waals surface area contributed by atoms with Gasteiger partial charge >= 0.3 is 0 Å². The highest BCUT2D eigenvalue weighted by molar-refractivity contribution is 5.34. The molecule has 0 aromatic rings. The van der Waals surface area contributed by atoms with E-state index in [-0.39, 0.29) is 5.41 Å². The highest BCUT2D eigenvalue weighted by Crippen LogP contribution is 2.53. The second-order valence-corrected chi connectivity index (χ2v) is 6.85. The molecular weight excluding hydrogens is 208 g/mol. The minimum absolute atomic E-state index is 0.259. The molecule has 1 heteroatoms. The normalized spacial score (nSPS) is 36.6. The van der Waals surface area contributed by atoms with Crippen molar-refractivity contribution >= 4 is 0 Å². The minimum Gasteiger partial charge on any atom is -0.396 e. The van der Waals surface area contributed by atoms with Crippen molar-refractivity contribution in [3.05, 3.63) is 23.3 Å². The third-order valence-electron chi connectivity index (χ3n) is 4.85. The third-order valence-corrected chi connectivity index (χ3v) is 4.85. The topological polar surface area (TPSA) is 20.2 Å². The van der Waals surface area contributed by atoms with Crippen LogP contribution in [-0.2, 0) is 0 Å². The molecule has 0 spiro atoms. The Morgan fingerprint density at radius 2 is 2.06 bits per heavy atom. The first kappa shape index (κ1) is 12.9. The van der Waals surface area contributed by atoms with E-state index in [4.69, 9.17) is 0 Å². The molecule has 2 rings (SSSR count). The standard InChI is InChI=1S/C16H26O/c1-12-6-5-8-15(2,3)14(12)7-9-16(4)10-13(16)11-17/h7,9,13,17H,5-6,8,10-11H2,1-4H3/b9-7+/t13-,16+/m1/s1. The molecule has 0 aromatic carbocycles. The molecule has 0 bridgehead atoms. The molecule has 2 aliphatic rings. The summed E-state index contributed by atoms with van der Waals surface area (Å²) in [5.74, 6) is 0.492. The van der Waals surface area contributed by atoms with E-state index in [2.05, 4.69) is 39.8 Å². The highest BCUT2D eigenvalue weighted by Gasteiger charge is 2.47. The molecule has 0 aliphatic heterocycles. The molecule has 2 atom stereocenters. The van der Waals surface area contributed by atoms with Gasteiger partial charge in [-0.15, -0.1) is 0 Å². The molecule has 1 fully saturated rings. The maximum Gasteiger partial charge on any atom is 0.0467 e. The van der Waals surface area contributed by atoms with Crippen LogP contribution in [0.25, 0.3) is 0 Å². The lowest BCUT2D eigenvalue weighted by Crippen LogP contribution is -2.19. The van der Waals surface area contributed by atoms with Crippen molar-refractivity contribution in [2.24, 2.45) is 16.7 Å². The lowest BCUT2D eigenvalue weighted by molar-refractivity contribution is 0.262. The van der Waals surface area contributed by atoms with Crippen molar-refractivity contribution in [2.45, 2.75) is 53.4 Å². The first-order valence-corrected chi connectivity index (χ1v) is 6.89. The summed E-state index contributed by atoms with van der Waals surface area (Å²) in [7, 11) is 0. The van der Waals surface area contributed by atoms with Crippen molar-refractivity contribution < 1.29 is 5.11 Å². The van der Waals surface area contributed by atoms with Gasteiger partial charge in [-0.05, 0) is 54.9 Å². The van der Waals surface area contributed by atoms with Gasteiger partial charge in [0.15, 0.2) is 0 Å². The molecule has 0 saturated heterocycles. The number of allylic oxidation sites excluding steroid dienone is 4. The van der Waals surface area contributed by atoms with Crippen molar-refractivity contribution in [3.8, 4) is 0 Å². The maximum absolute atomic E-state index is 9.19. The summed E-state index contributed by atoms with van der Waals surface area (Å²) in [6.07, 6.45) is 9.72. The minimum atomic E-state index is 0.259. The van der Waals surface area contributed by atoms with Gasteiger partial charge in [-0.25, -0.2) is 0 Å². The van der Waals surface area contributed by atoms with E-state index in [0.717, 1.165) is 6.42 Å². The summed E-state index contributed by atoms with van der Waals surface area (Å²) in [6, 6.07) is 0. The zero-order valence-corrected chi connectivity index (χ0v) is 11.7. The van der Waals surface area contributed by atoms with Gasteiger partial charge in [0.05, 0.1) is 0 Å². The number of aliphatic hydroxyl groups excluding tert-OH is 1. The monoisotopic (exact) mass is 234 g/mol. The Morgan fingerprint density at radius 3 is 2.59 bits per heavy atom. The largest absolute Gasteiger partial charge is 0.396 e. The molecule has 1 saturated carbocycles. The predicted octanol–water partition coefficient (Wildman–Crippen LogP) is 4.09. The van der Waals surface area contributed by atoms with Crippen LogP contribution in [0.15, 0.2) is 23.3 Å². The molecule has 0 aromatic heterocycles. The van der Waals surface area contributed by atoms with E-state index in [0.29, 0.717) is 17.9 Å². The Bertz CT molecular complexity index is 362. The SMILES string of the molecule is CC1=C(/C=C/[C@@]2(C)C[C@@H]2CO)C(C)(C)CCC1. The van der Waals surface area contributed by atoms with Crippen molar-refractivity contribution in [1.29, 1.82) is 0 Å². The fraction of sp³-hybridized carbons (Fsp3) is 0.750. The van der Waals surface area contributed by atoms with Gasteiger partial charge in [0.1, 0.15) is 0 Å². The fourth-order valence-electron chi connectivity index (χ4n) is 3.23. The summed E-state index contributed by atoms with van der Waals surface area (Å²) in [6.45, 7) is 9.58. The molecule has 2 aliphatic carbocycles. The van der Waals surface area contributed by atoms with Crippen LogP contribution in [0.5, 0.6) is 0 Å². The number of hydrogen-bond donors (Lipinski definition) is 1. The molecule has 0 radical (unpaired) electrons. The molecule has 0 amide bonds. The molecule has 17 heavy (non-hydrogen) atoms. The van der Waals surface area contributed by atoms with E-state index in [1.165, 1.54) is 24.8 Å². The second-order valence-electron chi connectivity index (χ2n) is 6.85. The first-order chi connectivity index (χ1) is 7.89. The maximum atomic E-state index is 9.19. The van der Waals surface area contributed by atoms with Gasteiger partial charge in [-0.3, -0.25) is 0 Å². The molecule has 1 N–H and O–H groups in total. The number of aliphatic hydroxyl groups is 1. The Hall–Kier alpha value is -0.560. The lowest BCUT2D eigenvalue weighted by Gasteiger charge is -2.33. The smallest absolute Gasteiger partial charge is 0.0467 e. The summed E-state index contributed by atoms with van der Waals surface area (Å²) < 4.78 is 0. The average molecular weight is 234 g/mol. The summed E-state index contributed by atoms with van der Waals surface area (Å²) >= 11 is 0. The highest BCUT2D eigenvalue weighted by atomic mass is 16.3. The average Bonchev–Trinajstić information content (AvgIpc) is 2.88. The van der Waals surface area contributed by atoms with E-state index < -0.39 is 0 Å². The van der Waals surface area contributed by atoms with Crippen molar-refractivity contribution in [3.63, 3.8) is 0 Å². The van der Waals surface area contributed by atoms with Gasteiger partial charge < -0.3 is 5.11 Å². The molecule has 96 valence electrons. The van der Waals surface area contributed by atoms with Crippen LogP contribution >= 0.6 is 0 Å². The second kappa shape index (κ2) is 4.28. The quantitative estimate of drug-likeness (QED) is 0.780. The summed E-state index contributed by atoms with van der Waals surface area (Å²) in [5, 5.41) is 9.19. The zero-order chi connectivity index (χ0) is 12.7. The molecule has 1 nitrogen and oxygen atoms in total. The van der Waals surface area contributed by atoms with Crippen LogP contribution in [0, 0.1) is 16.7 Å². The van der Waals surface area contributed by atoms with Gasteiger partial charge in [-0.1, -0.05) is 38.5 Å². The van der Waals surface area contributed by atoms with Crippen LogP contribution in [0.2, 0.25) is 0 Å².